The molecule has 1 aliphatic rings. The number of ether oxygens (including phenoxy) is 2. The summed E-state index contributed by atoms with van der Waals surface area (Å²) in [5.74, 6) is 0.695. The summed E-state index contributed by atoms with van der Waals surface area (Å²) in [6.45, 7) is 12.5. The number of nitrogens with zero attached hydrogens (tertiary/aromatic N) is 1. The van der Waals surface area contributed by atoms with E-state index in [0.717, 1.165) is 32.8 Å². The van der Waals surface area contributed by atoms with Crippen molar-refractivity contribution in [1.29, 1.82) is 0 Å². The van der Waals surface area contributed by atoms with Gasteiger partial charge in [-0.1, -0.05) is 13.8 Å². The molecule has 0 radical (unpaired) electrons. The molecule has 1 rings (SSSR count). The highest BCUT2D eigenvalue weighted by Crippen LogP contribution is 2.15. The predicted molar refractivity (Wildman–Crippen MR) is 79.6 cm³/mol. The fraction of sp³-hybridized carbons (Fsp3) is 1.00. The van der Waals surface area contributed by atoms with Gasteiger partial charge in [-0.3, -0.25) is 4.90 Å². The van der Waals surface area contributed by atoms with Gasteiger partial charge in [-0.2, -0.15) is 0 Å². The molecule has 1 N–H and O–H groups in total. The molecule has 1 fully saturated rings. The first-order valence-corrected chi connectivity index (χ1v) is 7.72. The minimum Gasteiger partial charge on any atom is -0.383 e. The minimum atomic E-state index is 0.406. The van der Waals surface area contributed by atoms with Gasteiger partial charge in [0.15, 0.2) is 0 Å². The zero-order valence-corrected chi connectivity index (χ0v) is 13.2. The lowest BCUT2D eigenvalue weighted by atomic mass is 10.1. The number of methoxy groups -OCH3 is 1. The monoisotopic (exact) mass is 272 g/mol. The second-order valence-electron chi connectivity index (χ2n) is 5.88. The van der Waals surface area contributed by atoms with Crippen molar-refractivity contribution in [3.05, 3.63) is 0 Å². The van der Waals surface area contributed by atoms with Crippen molar-refractivity contribution in [2.45, 2.75) is 45.8 Å². The van der Waals surface area contributed by atoms with Crippen molar-refractivity contribution in [2.24, 2.45) is 5.92 Å². The van der Waals surface area contributed by atoms with Crippen molar-refractivity contribution < 1.29 is 9.47 Å². The fourth-order valence-corrected chi connectivity index (χ4v) is 2.69. The zero-order valence-electron chi connectivity index (χ0n) is 13.2. The smallest absolute Gasteiger partial charge is 0.0702 e. The van der Waals surface area contributed by atoms with E-state index in [2.05, 4.69) is 31.0 Å². The van der Waals surface area contributed by atoms with E-state index >= 15 is 0 Å². The van der Waals surface area contributed by atoms with Crippen molar-refractivity contribution in [3.8, 4) is 0 Å². The number of hydrogen-bond acceptors (Lipinski definition) is 4. The van der Waals surface area contributed by atoms with E-state index in [9.17, 15) is 0 Å². The molecule has 19 heavy (non-hydrogen) atoms. The lowest BCUT2D eigenvalue weighted by molar-refractivity contribution is -0.0192. The molecule has 2 unspecified atom stereocenters. The van der Waals surface area contributed by atoms with E-state index in [1.54, 1.807) is 7.11 Å². The molecule has 0 bridgehead atoms. The molecular weight excluding hydrogens is 240 g/mol. The molecule has 0 amide bonds. The second-order valence-corrected chi connectivity index (χ2v) is 5.88. The molecule has 0 aliphatic carbocycles. The maximum atomic E-state index is 5.78. The van der Waals surface area contributed by atoms with Crippen LogP contribution in [0.1, 0.15) is 33.6 Å². The van der Waals surface area contributed by atoms with Gasteiger partial charge in [0, 0.05) is 32.8 Å². The molecule has 0 aromatic heterocycles. The van der Waals surface area contributed by atoms with Gasteiger partial charge in [0.1, 0.15) is 0 Å². The summed E-state index contributed by atoms with van der Waals surface area (Å²) in [5.41, 5.74) is 0. The molecule has 2 atom stereocenters. The summed E-state index contributed by atoms with van der Waals surface area (Å²) in [6.07, 6.45) is 2.83. The molecule has 0 saturated carbocycles. The Morgan fingerprint density at radius 3 is 2.74 bits per heavy atom. The van der Waals surface area contributed by atoms with E-state index in [-0.39, 0.29) is 0 Å². The van der Waals surface area contributed by atoms with Crippen molar-refractivity contribution in [1.82, 2.24) is 10.2 Å². The number of nitrogens with one attached hydrogen (secondary N) is 1. The number of hydrogen-bond donors (Lipinski definition) is 1. The van der Waals surface area contributed by atoms with Gasteiger partial charge in [-0.05, 0) is 38.8 Å². The largest absolute Gasteiger partial charge is 0.383 e. The number of piperidine rings is 1. The van der Waals surface area contributed by atoms with Crippen LogP contribution in [0.25, 0.3) is 0 Å². The summed E-state index contributed by atoms with van der Waals surface area (Å²) >= 11 is 0. The van der Waals surface area contributed by atoms with Crippen LogP contribution < -0.4 is 5.32 Å². The zero-order chi connectivity index (χ0) is 14.1. The maximum absolute atomic E-state index is 5.78. The van der Waals surface area contributed by atoms with Crippen LogP contribution in [0.2, 0.25) is 0 Å². The maximum Gasteiger partial charge on any atom is 0.0702 e. The molecule has 4 heteroatoms. The van der Waals surface area contributed by atoms with E-state index < -0.39 is 0 Å². The van der Waals surface area contributed by atoms with Crippen LogP contribution in [-0.4, -0.2) is 63.5 Å². The van der Waals surface area contributed by atoms with E-state index in [0.29, 0.717) is 18.1 Å². The van der Waals surface area contributed by atoms with E-state index in [4.69, 9.17) is 9.47 Å². The van der Waals surface area contributed by atoms with Gasteiger partial charge in [0.2, 0.25) is 0 Å². The van der Waals surface area contributed by atoms with Crippen LogP contribution in [-0.2, 0) is 9.47 Å². The Morgan fingerprint density at radius 1 is 1.32 bits per heavy atom. The fourth-order valence-electron chi connectivity index (χ4n) is 2.69. The predicted octanol–water partition coefficient (Wildman–Crippen LogP) is 1.75. The first kappa shape index (κ1) is 16.9. The Kier molecular flexibility index (Phi) is 8.62. The van der Waals surface area contributed by atoms with Crippen molar-refractivity contribution in [2.75, 3.05) is 46.5 Å². The van der Waals surface area contributed by atoms with E-state index in [1.807, 2.05) is 0 Å². The molecular formula is C15H32N2O2. The van der Waals surface area contributed by atoms with Gasteiger partial charge in [0.25, 0.3) is 0 Å². The summed E-state index contributed by atoms with van der Waals surface area (Å²) in [5, 5.41) is 3.55. The topological polar surface area (TPSA) is 33.7 Å². The quantitative estimate of drug-likeness (QED) is 0.693. The third-order valence-electron chi connectivity index (χ3n) is 3.62. The third-order valence-corrected chi connectivity index (χ3v) is 3.62. The summed E-state index contributed by atoms with van der Waals surface area (Å²) in [7, 11) is 1.79. The normalized spacial score (nSPS) is 22.9. The van der Waals surface area contributed by atoms with Gasteiger partial charge >= 0.3 is 0 Å². The average molecular weight is 272 g/mol. The molecule has 4 nitrogen and oxygen atoms in total. The van der Waals surface area contributed by atoms with Gasteiger partial charge in [-0.25, -0.2) is 0 Å². The SMILES string of the molecule is CCOC1CCCN(C(CNCC(C)C)COC)C1. The van der Waals surface area contributed by atoms with Gasteiger partial charge < -0.3 is 14.8 Å². The molecule has 0 aromatic carbocycles. The van der Waals surface area contributed by atoms with Crippen LogP contribution >= 0.6 is 0 Å². The highest BCUT2D eigenvalue weighted by Gasteiger charge is 2.25. The summed E-state index contributed by atoms with van der Waals surface area (Å²) in [4.78, 5) is 2.53. The van der Waals surface area contributed by atoms with Crippen LogP contribution in [0.5, 0.6) is 0 Å². The van der Waals surface area contributed by atoms with Crippen molar-refractivity contribution >= 4 is 0 Å². The molecule has 0 aromatic rings. The molecule has 114 valence electrons. The molecule has 1 aliphatic heterocycles. The van der Waals surface area contributed by atoms with Crippen LogP contribution in [0.4, 0.5) is 0 Å². The van der Waals surface area contributed by atoms with E-state index in [1.165, 1.54) is 19.4 Å². The molecule has 0 spiro atoms. The first-order valence-electron chi connectivity index (χ1n) is 7.72. The molecule has 1 saturated heterocycles. The van der Waals surface area contributed by atoms with Crippen LogP contribution in [0.3, 0.4) is 0 Å². The van der Waals surface area contributed by atoms with Crippen molar-refractivity contribution in [3.63, 3.8) is 0 Å². The first-order chi connectivity index (χ1) is 9.17. The second kappa shape index (κ2) is 9.70. The molecule has 1 heterocycles. The highest BCUT2D eigenvalue weighted by atomic mass is 16.5. The highest BCUT2D eigenvalue weighted by molar-refractivity contribution is 4.81. The third kappa shape index (κ3) is 6.70. The lowest BCUT2D eigenvalue weighted by Crippen LogP contribution is -2.51. The van der Waals surface area contributed by atoms with Gasteiger partial charge in [0.05, 0.1) is 12.7 Å². The summed E-state index contributed by atoms with van der Waals surface area (Å²) < 4.78 is 11.2. The summed E-state index contributed by atoms with van der Waals surface area (Å²) in [6, 6.07) is 0.465. The van der Waals surface area contributed by atoms with Gasteiger partial charge in [-0.15, -0.1) is 0 Å². The Labute approximate surface area is 118 Å². The average Bonchev–Trinajstić information content (AvgIpc) is 2.38. The standard InChI is InChI=1S/C15H32N2O2/c1-5-19-15-7-6-8-17(11-15)14(12-18-4)10-16-9-13(2)3/h13-16H,5-12H2,1-4H3. The number of likely N-dealkylation sites (tertiary alicyclic amines) is 1. The minimum absolute atomic E-state index is 0.406. The van der Waals surface area contributed by atoms with Crippen LogP contribution in [0.15, 0.2) is 0 Å². The van der Waals surface area contributed by atoms with Crippen LogP contribution in [0, 0.1) is 5.92 Å². The lowest BCUT2D eigenvalue weighted by Gasteiger charge is -2.38. The number of rotatable bonds is 9. The Bertz CT molecular complexity index is 222. The Balaban J connectivity index is 2.40. The Hall–Kier alpha value is -0.160. The Morgan fingerprint density at radius 2 is 2.11 bits per heavy atom.